The molecular weight excluding hydrogens is 296 g/mol. The zero-order chi connectivity index (χ0) is 16.0. The number of aromatic nitrogens is 3. The SMILES string of the molecule is CC(O)c1nc2ccc(NC(=O)c3cc(C4CC4)no3)cc2[nH]1. The van der Waals surface area contributed by atoms with Gasteiger partial charge in [-0.25, -0.2) is 4.98 Å². The molecule has 3 aromatic rings. The third-order valence-electron chi connectivity index (χ3n) is 3.90. The minimum atomic E-state index is -0.671. The molecule has 4 rings (SSSR count). The highest BCUT2D eigenvalue weighted by atomic mass is 16.5. The Labute approximate surface area is 131 Å². The van der Waals surface area contributed by atoms with Crippen LogP contribution >= 0.6 is 0 Å². The van der Waals surface area contributed by atoms with Gasteiger partial charge in [0.2, 0.25) is 5.76 Å². The summed E-state index contributed by atoms with van der Waals surface area (Å²) in [6.07, 6.45) is 1.54. The van der Waals surface area contributed by atoms with Gasteiger partial charge >= 0.3 is 0 Å². The summed E-state index contributed by atoms with van der Waals surface area (Å²) in [6, 6.07) is 7.01. The van der Waals surface area contributed by atoms with Crippen molar-refractivity contribution in [3.05, 3.63) is 41.5 Å². The maximum absolute atomic E-state index is 12.2. The van der Waals surface area contributed by atoms with Crippen molar-refractivity contribution >= 4 is 22.6 Å². The fraction of sp³-hybridized carbons (Fsp3) is 0.312. The summed E-state index contributed by atoms with van der Waals surface area (Å²) in [6.45, 7) is 1.64. The minimum absolute atomic E-state index is 0.210. The second-order valence-corrected chi connectivity index (χ2v) is 5.87. The van der Waals surface area contributed by atoms with Crippen molar-refractivity contribution in [3.63, 3.8) is 0 Å². The Morgan fingerprint density at radius 1 is 1.43 bits per heavy atom. The number of aromatic amines is 1. The average Bonchev–Trinajstić information content (AvgIpc) is 3.10. The van der Waals surface area contributed by atoms with E-state index in [1.165, 1.54) is 0 Å². The molecule has 0 radical (unpaired) electrons. The Morgan fingerprint density at radius 3 is 3.00 bits per heavy atom. The van der Waals surface area contributed by atoms with E-state index < -0.39 is 6.10 Å². The minimum Gasteiger partial charge on any atom is -0.385 e. The summed E-state index contributed by atoms with van der Waals surface area (Å²) in [4.78, 5) is 19.5. The van der Waals surface area contributed by atoms with Crippen LogP contribution in [-0.2, 0) is 0 Å². The third kappa shape index (κ3) is 2.70. The van der Waals surface area contributed by atoms with E-state index in [4.69, 9.17) is 4.52 Å². The summed E-state index contributed by atoms with van der Waals surface area (Å²) < 4.78 is 5.11. The maximum Gasteiger partial charge on any atom is 0.294 e. The van der Waals surface area contributed by atoms with E-state index >= 15 is 0 Å². The standard InChI is InChI=1S/C16H16N4O3/c1-8(21)15-18-11-5-4-10(6-13(11)19-15)17-16(22)14-7-12(20-23-14)9-2-3-9/h4-9,21H,2-3H2,1H3,(H,17,22)(H,18,19). The van der Waals surface area contributed by atoms with Crippen LogP contribution in [0, 0.1) is 0 Å². The van der Waals surface area contributed by atoms with Crippen LogP contribution in [0.4, 0.5) is 5.69 Å². The van der Waals surface area contributed by atoms with Gasteiger partial charge in [-0.15, -0.1) is 0 Å². The number of hydrogen-bond acceptors (Lipinski definition) is 5. The summed E-state index contributed by atoms with van der Waals surface area (Å²) >= 11 is 0. The van der Waals surface area contributed by atoms with Crippen LogP contribution in [0.5, 0.6) is 0 Å². The van der Waals surface area contributed by atoms with Crippen molar-refractivity contribution < 1.29 is 14.4 Å². The Bertz CT molecular complexity index is 876. The molecule has 0 aliphatic heterocycles. The van der Waals surface area contributed by atoms with Gasteiger partial charge in [0.25, 0.3) is 5.91 Å². The summed E-state index contributed by atoms with van der Waals surface area (Å²) in [5.41, 5.74) is 2.94. The molecule has 0 bridgehead atoms. The number of H-pyrrole nitrogens is 1. The number of amides is 1. The highest BCUT2D eigenvalue weighted by molar-refractivity contribution is 6.03. The molecule has 118 valence electrons. The Morgan fingerprint density at radius 2 is 2.26 bits per heavy atom. The number of nitrogens with zero attached hydrogens (tertiary/aromatic N) is 2. The number of fused-ring (bicyclic) bond motifs is 1. The van der Waals surface area contributed by atoms with E-state index in [9.17, 15) is 9.90 Å². The molecule has 1 amide bonds. The van der Waals surface area contributed by atoms with Gasteiger partial charge in [-0.2, -0.15) is 0 Å². The molecule has 0 saturated heterocycles. The quantitative estimate of drug-likeness (QED) is 0.687. The monoisotopic (exact) mass is 312 g/mol. The van der Waals surface area contributed by atoms with Gasteiger partial charge in [0.1, 0.15) is 11.9 Å². The molecule has 2 aromatic heterocycles. The lowest BCUT2D eigenvalue weighted by Gasteiger charge is -2.02. The molecule has 1 aromatic carbocycles. The Balaban J connectivity index is 1.54. The van der Waals surface area contributed by atoms with Crippen molar-refractivity contribution in [1.29, 1.82) is 0 Å². The Kier molecular flexibility index (Phi) is 3.16. The lowest BCUT2D eigenvalue weighted by molar-refractivity contribution is 0.0988. The molecule has 1 atom stereocenters. The number of aliphatic hydroxyl groups is 1. The number of aliphatic hydroxyl groups excluding tert-OH is 1. The Hall–Kier alpha value is -2.67. The highest BCUT2D eigenvalue weighted by Gasteiger charge is 2.28. The topological polar surface area (TPSA) is 104 Å². The van der Waals surface area contributed by atoms with Crippen molar-refractivity contribution in [1.82, 2.24) is 15.1 Å². The van der Waals surface area contributed by atoms with E-state index in [1.807, 2.05) is 0 Å². The second-order valence-electron chi connectivity index (χ2n) is 5.87. The first-order valence-corrected chi connectivity index (χ1v) is 7.56. The first-order valence-electron chi connectivity index (χ1n) is 7.56. The van der Waals surface area contributed by atoms with Gasteiger partial charge in [0.05, 0.1) is 16.7 Å². The molecule has 1 aliphatic rings. The number of carbonyl (C=O) groups is 1. The number of benzene rings is 1. The average molecular weight is 312 g/mol. The molecule has 2 heterocycles. The zero-order valence-corrected chi connectivity index (χ0v) is 12.5. The summed E-state index contributed by atoms with van der Waals surface area (Å²) in [7, 11) is 0. The lowest BCUT2D eigenvalue weighted by Crippen LogP contribution is -2.10. The van der Waals surface area contributed by atoms with E-state index in [2.05, 4.69) is 20.4 Å². The number of nitrogens with one attached hydrogen (secondary N) is 2. The number of carbonyl (C=O) groups excluding carboxylic acids is 1. The van der Waals surface area contributed by atoms with Crippen molar-refractivity contribution in [2.75, 3.05) is 5.32 Å². The molecule has 1 fully saturated rings. The van der Waals surface area contributed by atoms with Crippen LogP contribution in [0.3, 0.4) is 0 Å². The van der Waals surface area contributed by atoms with Crippen molar-refractivity contribution in [3.8, 4) is 0 Å². The number of anilines is 1. The highest BCUT2D eigenvalue weighted by Crippen LogP contribution is 2.39. The zero-order valence-electron chi connectivity index (χ0n) is 12.5. The van der Waals surface area contributed by atoms with Crippen LogP contribution in [0.1, 0.15) is 53.9 Å². The van der Waals surface area contributed by atoms with Gasteiger partial charge in [-0.05, 0) is 38.0 Å². The largest absolute Gasteiger partial charge is 0.385 e. The van der Waals surface area contributed by atoms with Crippen molar-refractivity contribution in [2.24, 2.45) is 0 Å². The molecule has 3 N–H and O–H groups in total. The third-order valence-corrected chi connectivity index (χ3v) is 3.90. The van der Waals surface area contributed by atoms with Gasteiger partial charge in [-0.1, -0.05) is 5.16 Å². The fourth-order valence-electron chi connectivity index (χ4n) is 2.47. The molecule has 1 aliphatic carbocycles. The molecule has 23 heavy (non-hydrogen) atoms. The van der Waals surface area contributed by atoms with Crippen LogP contribution in [0.2, 0.25) is 0 Å². The van der Waals surface area contributed by atoms with Gasteiger partial charge in [0.15, 0.2) is 0 Å². The molecule has 7 nitrogen and oxygen atoms in total. The second kappa shape index (κ2) is 5.20. The first-order chi connectivity index (χ1) is 11.1. The van der Waals surface area contributed by atoms with Gasteiger partial charge in [-0.3, -0.25) is 4.79 Å². The lowest BCUT2D eigenvalue weighted by atomic mass is 10.2. The number of rotatable bonds is 4. The van der Waals surface area contributed by atoms with E-state index in [0.717, 1.165) is 29.6 Å². The van der Waals surface area contributed by atoms with Gasteiger partial charge in [0, 0.05) is 17.7 Å². The van der Waals surface area contributed by atoms with E-state index in [1.54, 1.807) is 31.2 Å². The summed E-state index contributed by atoms with van der Waals surface area (Å²) in [5.74, 6) is 0.814. The normalized spacial score (nSPS) is 15.7. The number of imidazole rings is 1. The molecule has 1 unspecified atom stereocenters. The number of hydrogen-bond donors (Lipinski definition) is 3. The smallest absolute Gasteiger partial charge is 0.294 e. The molecule has 0 spiro atoms. The fourth-order valence-corrected chi connectivity index (χ4v) is 2.47. The predicted octanol–water partition coefficient (Wildman–Crippen LogP) is 2.73. The van der Waals surface area contributed by atoms with Crippen LogP contribution in [0.25, 0.3) is 11.0 Å². The van der Waals surface area contributed by atoms with Crippen LogP contribution < -0.4 is 5.32 Å². The maximum atomic E-state index is 12.2. The molecular formula is C16H16N4O3. The van der Waals surface area contributed by atoms with E-state index in [0.29, 0.717) is 17.4 Å². The van der Waals surface area contributed by atoms with E-state index in [-0.39, 0.29) is 11.7 Å². The predicted molar refractivity (Wildman–Crippen MR) is 83.2 cm³/mol. The molecule has 7 heteroatoms. The molecule has 1 saturated carbocycles. The first kappa shape index (κ1) is 14.0. The van der Waals surface area contributed by atoms with Gasteiger partial charge < -0.3 is 19.9 Å². The van der Waals surface area contributed by atoms with Crippen LogP contribution in [-0.4, -0.2) is 26.1 Å². The van der Waals surface area contributed by atoms with Crippen LogP contribution in [0.15, 0.2) is 28.8 Å². The summed E-state index contributed by atoms with van der Waals surface area (Å²) in [5, 5.41) is 16.3. The van der Waals surface area contributed by atoms with Crippen molar-refractivity contribution in [2.45, 2.75) is 31.8 Å².